The summed E-state index contributed by atoms with van der Waals surface area (Å²) in [7, 11) is 0. The van der Waals surface area contributed by atoms with Crippen molar-refractivity contribution >= 4 is 23.6 Å². The Morgan fingerprint density at radius 1 is 1.35 bits per heavy atom. The minimum absolute atomic E-state index is 0.0172. The highest BCUT2D eigenvalue weighted by Gasteiger charge is 2.23. The van der Waals surface area contributed by atoms with Crippen molar-refractivity contribution in [2.24, 2.45) is 0 Å². The van der Waals surface area contributed by atoms with Gasteiger partial charge in [-0.05, 0) is 45.7 Å². The van der Waals surface area contributed by atoms with E-state index in [1.54, 1.807) is 27.0 Å². The Bertz CT molecular complexity index is 716. The second-order valence-corrected chi connectivity index (χ2v) is 7.25. The number of benzene rings is 1. The van der Waals surface area contributed by atoms with Gasteiger partial charge in [0.25, 0.3) is 5.91 Å². The van der Waals surface area contributed by atoms with Gasteiger partial charge in [-0.2, -0.15) is 0 Å². The quantitative estimate of drug-likeness (QED) is 0.856. The van der Waals surface area contributed by atoms with Crippen molar-refractivity contribution in [1.29, 1.82) is 0 Å². The summed E-state index contributed by atoms with van der Waals surface area (Å²) in [6.07, 6.45) is 2.43. The van der Waals surface area contributed by atoms with Crippen LogP contribution in [0.4, 0.5) is 9.18 Å². The van der Waals surface area contributed by atoms with Gasteiger partial charge in [0.15, 0.2) is 6.61 Å². The molecule has 26 heavy (non-hydrogen) atoms. The fraction of sp³-hybridized carbons (Fsp3) is 0.444. The van der Waals surface area contributed by atoms with Crippen LogP contribution >= 0.6 is 11.6 Å². The van der Waals surface area contributed by atoms with Crippen LogP contribution in [0.5, 0.6) is 5.75 Å². The fourth-order valence-corrected chi connectivity index (χ4v) is 2.36. The number of nitrogens with one attached hydrogen (secondary N) is 1. The van der Waals surface area contributed by atoms with E-state index < -0.39 is 23.4 Å². The third-order valence-electron chi connectivity index (χ3n) is 3.35. The van der Waals surface area contributed by atoms with Crippen molar-refractivity contribution in [1.82, 2.24) is 10.2 Å². The Morgan fingerprint density at radius 3 is 2.73 bits per heavy atom. The Kier molecular flexibility index (Phi) is 6.47. The first-order valence-electron chi connectivity index (χ1n) is 8.22. The van der Waals surface area contributed by atoms with Crippen molar-refractivity contribution in [3.8, 4) is 5.75 Å². The molecule has 0 bridgehead atoms. The molecule has 1 aliphatic rings. The molecule has 6 nitrogen and oxygen atoms in total. The summed E-state index contributed by atoms with van der Waals surface area (Å²) in [4.78, 5) is 25.5. The maximum atomic E-state index is 13.3. The zero-order valence-corrected chi connectivity index (χ0v) is 15.7. The lowest BCUT2D eigenvalue weighted by Gasteiger charge is -2.28. The van der Waals surface area contributed by atoms with Gasteiger partial charge in [0.1, 0.15) is 17.2 Å². The van der Waals surface area contributed by atoms with Gasteiger partial charge >= 0.3 is 6.09 Å². The van der Waals surface area contributed by atoms with Gasteiger partial charge in [-0.1, -0.05) is 11.6 Å². The number of hydrogen-bond donors (Lipinski definition) is 1. The van der Waals surface area contributed by atoms with Crippen molar-refractivity contribution < 1.29 is 23.5 Å². The molecule has 0 saturated carbocycles. The largest absolute Gasteiger partial charge is 0.484 e. The summed E-state index contributed by atoms with van der Waals surface area (Å²) in [6.45, 7) is 5.61. The van der Waals surface area contributed by atoms with Crippen molar-refractivity contribution in [2.45, 2.75) is 39.2 Å². The Labute approximate surface area is 156 Å². The van der Waals surface area contributed by atoms with Crippen LogP contribution in [0.3, 0.4) is 0 Å². The first-order chi connectivity index (χ1) is 12.1. The molecule has 2 amide bonds. The van der Waals surface area contributed by atoms with E-state index in [1.807, 2.05) is 0 Å². The summed E-state index contributed by atoms with van der Waals surface area (Å²) in [6, 6.07) is 3.94. The lowest BCUT2D eigenvalue weighted by Crippen LogP contribution is -2.38. The second-order valence-electron chi connectivity index (χ2n) is 6.84. The van der Waals surface area contributed by atoms with Crippen LogP contribution in [0.15, 0.2) is 30.1 Å². The summed E-state index contributed by atoms with van der Waals surface area (Å²) in [5, 5.41) is 2.67. The number of rotatable bonds is 4. The summed E-state index contributed by atoms with van der Waals surface area (Å²) >= 11 is 5.59. The first-order valence-corrected chi connectivity index (χ1v) is 8.60. The van der Waals surface area contributed by atoms with Crippen molar-refractivity contribution in [3.05, 3.63) is 40.9 Å². The monoisotopic (exact) mass is 384 g/mol. The number of nitrogens with zero attached hydrogens (tertiary/aromatic N) is 1. The predicted molar refractivity (Wildman–Crippen MR) is 95.3 cm³/mol. The average molecular weight is 385 g/mol. The molecule has 8 heteroatoms. The molecule has 1 N–H and O–H groups in total. The third-order valence-corrected chi connectivity index (χ3v) is 3.65. The zero-order chi connectivity index (χ0) is 19.3. The molecule has 0 aliphatic carbocycles. The standard InChI is InChI=1S/C18H22ClFN2O4/c1-18(2,3)26-17(24)22-8-4-5-12(10-22)21-16(23)11-25-13-6-7-14(19)15(20)9-13/h6-7,9-10H,4-5,8,11H2,1-3H3,(H,21,23). The minimum atomic E-state index is -0.618. The number of halogens is 2. The van der Waals surface area contributed by atoms with Gasteiger partial charge in [0.05, 0.1) is 5.02 Å². The Hall–Kier alpha value is -2.28. The Balaban J connectivity index is 1.89. The molecule has 1 aromatic carbocycles. The fourth-order valence-electron chi connectivity index (χ4n) is 2.25. The highest BCUT2D eigenvalue weighted by molar-refractivity contribution is 6.30. The highest BCUT2D eigenvalue weighted by atomic mass is 35.5. The van der Waals surface area contributed by atoms with E-state index in [-0.39, 0.29) is 17.4 Å². The van der Waals surface area contributed by atoms with Gasteiger partial charge in [0.2, 0.25) is 0 Å². The molecule has 0 fully saturated rings. The van der Waals surface area contributed by atoms with Crippen LogP contribution in [0.2, 0.25) is 5.02 Å². The summed E-state index contributed by atoms with van der Waals surface area (Å²) in [5.41, 5.74) is 0.00556. The summed E-state index contributed by atoms with van der Waals surface area (Å²) in [5.74, 6) is -0.819. The predicted octanol–water partition coefficient (Wildman–Crippen LogP) is 3.85. The zero-order valence-electron chi connectivity index (χ0n) is 15.0. The molecule has 0 unspecified atom stereocenters. The van der Waals surface area contributed by atoms with Gasteiger partial charge in [-0.15, -0.1) is 0 Å². The van der Waals surface area contributed by atoms with Gasteiger partial charge in [0, 0.05) is 24.5 Å². The molecule has 0 atom stereocenters. The molecule has 1 aliphatic heterocycles. The normalized spacial score (nSPS) is 14.5. The van der Waals surface area contributed by atoms with E-state index in [0.717, 1.165) is 6.07 Å². The topological polar surface area (TPSA) is 67.9 Å². The smallest absolute Gasteiger partial charge is 0.414 e. The van der Waals surface area contributed by atoms with E-state index in [2.05, 4.69) is 5.32 Å². The Morgan fingerprint density at radius 2 is 2.08 bits per heavy atom. The molecule has 0 radical (unpaired) electrons. The van der Waals surface area contributed by atoms with Crippen LogP contribution in [0.1, 0.15) is 33.6 Å². The molecular formula is C18H22ClFN2O4. The number of carbonyl (C=O) groups excluding carboxylic acids is 2. The molecule has 1 heterocycles. The SMILES string of the molecule is CC(C)(C)OC(=O)N1C=C(NC(=O)COc2ccc(Cl)c(F)c2)CCC1. The maximum absolute atomic E-state index is 13.3. The van der Waals surface area contributed by atoms with Crippen molar-refractivity contribution in [2.75, 3.05) is 13.2 Å². The van der Waals surface area contributed by atoms with Gasteiger partial charge in [-0.3, -0.25) is 9.69 Å². The molecule has 1 aromatic rings. The van der Waals surface area contributed by atoms with E-state index in [9.17, 15) is 14.0 Å². The number of amides is 2. The number of ether oxygens (including phenoxy) is 2. The molecule has 0 saturated heterocycles. The first kappa shape index (κ1) is 20.0. The van der Waals surface area contributed by atoms with Crippen LogP contribution in [0.25, 0.3) is 0 Å². The minimum Gasteiger partial charge on any atom is -0.484 e. The van der Waals surface area contributed by atoms with Gasteiger partial charge in [-0.25, -0.2) is 9.18 Å². The number of hydrogen-bond acceptors (Lipinski definition) is 4. The third kappa shape index (κ3) is 6.22. The maximum Gasteiger partial charge on any atom is 0.414 e. The molecule has 2 rings (SSSR count). The average Bonchev–Trinajstić information content (AvgIpc) is 2.54. The molecule has 0 aromatic heterocycles. The van der Waals surface area contributed by atoms with Crippen LogP contribution < -0.4 is 10.1 Å². The van der Waals surface area contributed by atoms with E-state index in [4.69, 9.17) is 21.1 Å². The van der Waals surface area contributed by atoms with E-state index >= 15 is 0 Å². The number of allylic oxidation sites excluding steroid dienone is 1. The lowest BCUT2D eigenvalue weighted by molar-refractivity contribution is -0.122. The van der Waals surface area contributed by atoms with E-state index in [0.29, 0.717) is 25.1 Å². The highest BCUT2D eigenvalue weighted by Crippen LogP contribution is 2.20. The lowest BCUT2D eigenvalue weighted by atomic mass is 10.2. The van der Waals surface area contributed by atoms with Crippen LogP contribution in [-0.2, 0) is 9.53 Å². The second kappa shape index (κ2) is 8.40. The van der Waals surface area contributed by atoms with Crippen molar-refractivity contribution in [3.63, 3.8) is 0 Å². The molecule has 142 valence electrons. The number of carbonyl (C=O) groups is 2. The van der Waals surface area contributed by atoms with Crippen LogP contribution in [0, 0.1) is 5.82 Å². The van der Waals surface area contributed by atoms with Crippen LogP contribution in [-0.4, -0.2) is 35.7 Å². The molecular weight excluding hydrogens is 363 g/mol. The van der Waals surface area contributed by atoms with E-state index in [1.165, 1.54) is 17.0 Å². The summed E-state index contributed by atoms with van der Waals surface area (Å²) < 4.78 is 23.9. The van der Waals surface area contributed by atoms with Gasteiger partial charge < -0.3 is 14.8 Å². The molecule has 0 spiro atoms.